The monoisotopic (exact) mass is 361 g/mol. The first-order valence-corrected chi connectivity index (χ1v) is 8.31. The molecule has 0 unspecified atom stereocenters. The number of benzene rings is 2. The van der Waals surface area contributed by atoms with E-state index in [-0.39, 0.29) is 21.4 Å². The Morgan fingerprint density at radius 2 is 1.68 bits per heavy atom. The van der Waals surface area contributed by atoms with Crippen molar-refractivity contribution in [1.82, 2.24) is 0 Å². The third-order valence-electron chi connectivity index (χ3n) is 2.82. The minimum absolute atomic E-state index is 0.0361. The number of anilines is 1. The van der Waals surface area contributed by atoms with E-state index in [9.17, 15) is 8.42 Å². The Kier molecular flexibility index (Phi) is 5.05. The highest BCUT2D eigenvalue weighted by atomic mass is 35.5. The number of rotatable bonds is 5. The smallest absolute Gasteiger partial charge is 0.262 e. The number of sulfonamides is 1. The summed E-state index contributed by atoms with van der Waals surface area (Å²) >= 11 is 11.8. The molecule has 2 aromatic carbocycles. The van der Waals surface area contributed by atoms with E-state index in [1.54, 1.807) is 12.1 Å². The molecule has 0 saturated carbocycles. The molecule has 2 aromatic rings. The summed E-state index contributed by atoms with van der Waals surface area (Å²) in [5.41, 5.74) is 0.202. The maximum absolute atomic E-state index is 12.4. The van der Waals surface area contributed by atoms with Crippen LogP contribution in [0.1, 0.15) is 0 Å². The Bertz CT molecular complexity index is 793. The molecule has 0 radical (unpaired) electrons. The minimum Gasteiger partial charge on any atom is -0.495 e. The van der Waals surface area contributed by atoms with Gasteiger partial charge in [0, 0.05) is 11.1 Å². The molecule has 0 aliphatic rings. The van der Waals surface area contributed by atoms with Gasteiger partial charge < -0.3 is 9.47 Å². The third kappa shape index (κ3) is 3.58. The molecule has 2 rings (SSSR count). The van der Waals surface area contributed by atoms with Crippen LogP contribution in [0.2, 0.25) is 10.0 Å². The van der Waals surface area contributed by atoms with Crippen molar-refractivity contribution in [3.63, 3.8) is 0 Å². The van der Waals surface area contributed by atoms with E-state index in [0.717, 1.165) is 0 Å². The average Bonchev–Trinajstić information content (AvgIpc) is 2.47. The van der Waals surface area contributed by atoms with Gasteiger partial charge in [-0.05, 0) is 24.3 Å². The van der Waals surface area contributed by atoms with Crippen LogP contribution in [0, 0.1) is 0 Å². The van der Waals surface area contributed by atoms with Crippen molar-refractivity contribution in [2.75, 3.05) is 18.9 Å². The van der Waals surface area contributed by atoms with Gasteiger partial charge in [-0.3, -0.25) is 4.72 Å². The molecule has 0 fully saturated rings. The van der Waals surface area contributed by atoms with E-state index in [4.69, 9.17) is 32.7 Å². The van der Waals surface area contributed by atoms with Gasteiger partial charge in [0.15, 0.2) is 0 Å². The standard InChI is InChI=1S/C14H13Cl2NO4S/c1-20-13-8-14(21-2)12(7-11(13)16)17-22(18,19)10-5-3-4-9(15)6-10/h3-8,17H,1-2H3. The van der Waals surface area contributed by atoms with E-state index in [0.29, 0.717) is 10.8 Å². The van der Waals surface area contributed by atoms with Crippen molar-refractivity contribution in [2.45, 2.75) is 4.90 Å². The van der Waals surface area contributed by atoms with Crippen molar-refractivity contribution in [3.8, 4) is 11.5 Å². The van der Waals surface area contributed by atoms with Gasteiger partial charge in [0.25, 0.3) is 10.0 Å². The summed E-state index contributed by atoms with van der Waals surface area (Å²) in [5.74, 6) is 0.663. The van der Waals surface area contributed by atoms with E-state index in [2.05, 4.69) is 4.72 Å². The quantitative estimate of drug-likeness (QED) is 0.879. The molecule has 5 nitrogen and oxygen atoms in total. The van der Waals surface area contributed by atoms with Crippen LogP contribution >= 0.6 is 23.2 Å². The fraction of sp³-hybridized carbons (Fsp3) is 0.143. The molecule has 22 heavy (non-hydrogen) atoms. The highest BCUT2D eigenvalue weighted by Crippen LogP contribution is 2.37. The third-order valence-corrected chi connectivity index (χ3v) is 4.72. The first-order valence-electron chi connectivity index (χ1n) is 6.07. The SMILES string of the molecule is COc1cc(OC)c(NS(=O)(=O)c2cccc(Cl)c2)cc1Cl. The molecular weight excluding hydrogens is 349 g/mol. The molecule has 8 heteroatoms. The summed E-state index contributed by atoms with van der Waals surface area (Å²) < 4.78 is 37.4. The molecule has 0 aliphatic carbocycles. The van der Waals surface area contributed by atoms with Crippen molar-refractivity contribution in [1.29, 1.82) is 0 Å². The highest BCUT2D eigenvalue weighted by Gasteiger charge is 2.18. The Morgan fingerprint density at radius 3 is 2.27 bits per heavy atom. The van der Waals surface area contributed by atoms with Gasteiger partial charge in [-0.15, -0.1) is 0 Å². The summed E-state index contributed by atoms with van der Waals surface area (Å²) in [6.07, 6.45) is 0. The van der Waals surface area contributed by atoms with Crippen LogP contribution in [0.4, 0.5) is 5.69 Å². The van der Waals surface area contributed by atoms with Crippen LogP contribution in [-0.4, -0.2) is 22.6 Å². The summed E-state index contributed by atoms with van der Waals surface area (Å²) in [4.78, 5) is 0.0361. The van der Waals surface area contributed by atoms with E-state index in [1.165, 1.54) is 38.5 Å². The lowest BCUT2D eigenvalue weighted by Gasteiger charge is -2.14. The lowest BCUT2D eigenvalue weighted by Crippen LogP contribution is -2.13. The fourth-order valence-electron chi connectivity index (χ4n) is 1.78. The van der Waals surface area contributed by atoms with Crippen LogP contribution in [0.3, 0.4) is 0 Å². The van der Waals surface area contributed by atoms with Crippen LogP contribution in [0.5, 0.6) is 11.5 Å². The first-order chi connectivity index (χ1) is 10.4. The number of hydrogen-bond acceptors (Lipinski definition) is 4. The zero-order valence-electron chi connectivity index (χ0n) is 11.8. The molecule has 118 valence electrons. The molecule has 0 aromatic heterocycles. The number of methoxy groups -OCH3 is 2. The Balaban J connectivity index is 2.43. The zero-order chi connectivity index (χ0) is 16.3. The van der Waals surface area contributed by atoms with Gasteiger partial charge in [0.1, 0.15) is 11.5 Å². The van der Waals surface area contributed by atoms with Crippen molar-refractivity contribution >= 4 is 38.9 Å². The highest BCUT2D eigenvalue weighted by molar-refractivity contribution is 7.92. The van der Waals surface area contributed by atoms with Crippen molar-refractivity contribution in [2.24, 2.45) is 0 Å². The molecule has 0 atom stereocenters. The van der Waals surface area contributed by atoms with Crippen LogP contribution in [-0.2, 0) is 10.0 Å². The van der Waals surface area contributed by atoms with Gasteiger partial charge in [-0.2, -0.15) is 0 Å². The van der Waals surface area contributed by atoms with Crippen molar-refractivity contribution in [3.05, 3.63) is 46.4 Å². The van der Waals surface area contributed by atoms with E-state index in [1.807, 2.05) is 0 Å². The zero-order valence-corrected chi connectivity index (χ0v) is 14.1. The molecule has 0 amide bonds. The number of halogens is 2. The second-order valence-electron chi connectivity index (χ2n) is 4.25. The van der Waals surface area contributed by atoms with Crippen LogP contribution in [0.15, 0.2) is 41.3 Å². The average molecular weight is 362 g/mol. The normalized spacial score (nSPS) is 11.1. The summed E-state index contributed by atoms with van der Waals surface area (Å²) in [6, 6.07) is 8.84. The maximum Gasteiger partial charge on any atom is 0.262 e. The van der Waals surface area contributed by atoms with Gasteiger partial charge >= 0.3 is 0 Å². The number of ether oxygens (including phenoxy) is 2. The summed E-state index contributed by atoms with van der Waals surface area (Å²) in [7, 11) is -0.947. The fourth-order valence-corrected chi connectivity index (χ4v) is 3.38. The topological polar surface area (TPSA) is 64.6 Å². The Morgan fingerprint density at radius 1 is 1.00 bits per heavy atom. The van der Waals surface area contributed by atoms with Crippen LogP contribution in [0.25, 0.3) is 0 Å². The summed E-state index contributed by atoms with van der Waals surface area (Å²) in [5, 5.41) is 0.578. The van der Waals surface area contributed by atoms with Crippen molar-refractivity contribution < 1.29 is 17.9 Å². The first kappa shape index (κ1) is 16.7. The Labute approximate surface area is 138 Å². The minimum atomic E-state index is -3.82. The van der Waals surface area contributed by atoms with Crippen LogP contribution < -0.4 is 14.2 Å². The lowest BCUT2D eigenvalue weighted by molar-refractivity contribution is 0.396. The van der Waals surface area contributed by atoms with Gasteiger partial charge in [0.2, 0.25) is 0 Å². The number of hydrogen-bond donors (Lipinski definition) is 1. The molecule has 0 saturated heterocycles. The van der Waals surface area contributed by atoms with E-state index < -0.39 is 10.0 Å². The summed E-state index contributed by atoms with van der Waals surface area (Å²) in [6.45, 7) is 0. The molecule has 0 spiro atoms. The van der Waals surface area contributed by atoms with Gasteiger partial charge in [-0.1, -0.05) is 29.3 Å². The second kappa shape index (κ2) is 6.64. The molecule has 0 bridgehead atoms. The lowest BCUT2D eigenvalue weighted by atomic mass is 10.3. The Hall–Kier alpha value is -1.63. The maximum atomic E-state index is 12.4. The number of nitrogens with one attached hydrogen (secondary N) is 1. The molecule has 0 aliphatic heterocycles. The van der Waals surface area contributed by atoms with Gasteiger partial charge in [-0.25, -0.2) is 8.42 Å². The predicted octanol–water partition coefficient (Wildman–Crippen LogP) is 3.81. The largest absolute Gasteiger partial charge is 0.495 e. The molecule has 0 heterocycles. The molecule has 1 N–H and O–H groups in total. The predicted molar refractivity (Wildman–Crippen MR) is 86.8 cm³/mol. The second-order valence-corrected chi connectivity index (χ2v) is 6.78. The van der Waals surface area contributed by atoms with E-state index >= 15 is 0 Å². The molecular formula is C14H13Cl2NO4S. The van der Waals surface area contributed by atoms with Gasteiger partial charge in [0.05, 0.1) is 29.8 Å².